The number of rotatable bonds is 4. The molecule has 0 unspecified atom stereocenters. The SMILES string of the molecule is COc1cc(NC2(C(N)=O)CCN(C(=O)OC(C)(C)C)CC2)ccn1. The Morgan fingerprint density at radius 2 is 1.96 bits per heavy atom. The number of hydrogen-bond acceptors (Lipinski definition) is 6. The highest BCUT2D eigenvalue weighted by Crippen LogP contribution is 2.28. The Kier molecular flexibility index (Phi) is 5.39. The predicted octanol–water partition coefficient (Wildman–Crippen LogP) is 1.76. The molecule has 25 heavy (non-hydrogen) atoms. The van der Waals surface area contributed by atoms with E-state index in [1.165, 1.54) is 7.11 Å². The molecule has 1 aliphatic heterocycles. The highest BCUT2D eigenvalue weighted by molar-refractivity contribution is 5.88. The van der Waals surface area contributed by atoms with Gasteiger partial charge in [-0.1, -0.05) is 0 Å². The molecular formula is C17H26N4O4. The van der Waals surface area contributed by atoms with Crippen LogP contribution in [0.5, 0.6) is 5.88 Å². The van der Waals surface area contributed by atoms with E-state index in [1.807, 2.05) is 20.8 Å². The molecule has 0 bridgehead atoms. The zero-order valence-electron chi connectivity index (χ0n) is 15.2. The Morgan fingerprint density at radius 1 is 1.32 bits per heavy atom. The zero-order valence-corrected chi connectivity index (χ0v) is 15.2. The number of ether oxygens (including phenoxy) is 2. The molecule has 0 spiro atoms. The van der Waals surface area contributed by atoms with E-state index >= 15 is 0 Å². The minimum atomic E-state index is -0.926. The van der Waals surface area contributed by atoms with Gasteiger partial charge >= 0.3 is 6.09 Å². The van der Waals surface area contributed by atoms with Gasteiger partial charge in [0.2, 0.25) is 11.8 Å². The average molecular weight is 350 g/mol. The van der Waals surface area contributed by atoms with Crippen molar-refractivity contribution in [3.05, 3.63) is 18.3 Å². The summed E-state index contributed by atoms with van der Waals surface area (Å²) in [5.41, 5.74) is 4.87. The Morgan fingerprint density at radius 3 is 2.48 bits per heavy atom. The first-order valence-electron chi connectivity index (χ1n) is 8.21. The van der Waals surface area contributed by atoms with Crippen LogP contribution in [0.4, 0.5) is 10.5 Å². The van der Waals surface area contributed by atoms with Gasteiger partial charge in [0.25, 0.3) is 0 Å². The third-order valence-electron chi connectivity index (χ3n) is 4.07. The van der Waals surface area contributed by atoms with Crippen LogP contribution in [0.1, 0.15) is 33.6 Å². The third-order valence-corrected chi connectivity index (χ3v) is 4.07. The Bertz CT molecular complexity index is 634. The first-order valence-corrected chi connectivity index (χ1v) is 8.21. The number of nitrogens with zero attached hydrogens (tertiary/aromatic N) is 2. The van der Waals surface area contributed by atoms with Gasteiger partial charge in [-0.2, -0.15) is 0 Å². The van der Waals surface area contributed by atoms with Gasteiger partial charge in [0.1, 0.15) is 11.1 Å². The standard InChI is InChI=1S/C17H26N4O4/c1-16(2,3)25-15(23)21-9-6-17(7-10-21,14(18)22)20-12-5-8-19-13(11-12)24-4/h5,8,11H,6-7,9-10H2,1-4H3,(H2,18,22)(H,19,20). The summed E-state index contributed by atoms with van der Waals surface area (Å²) >= 11 is 0. The zero-order chi connectivity index (χ0) is 18.7. The van der Waals surface area contributed by atoms with Crippen molar-refractivity contribution in [2.45, 2.75) is 44.8 Å². The van der Waals surface area contributed by atoms with Gasteiger partial charge in [-0.3, -0.25) is 4.79 Å². The molecule has 1 saturated heterocycles. The van der Waals surface area contributed by atoms with Crippen LogP contribution in [0.15, 0.2) is 18.3 Å². The molecule has 1 aliphatic rings. The number of likely N-dealkylation sites (tertiary alicyclic amines) is 1. The van der Waals surface area contributed by atoms with Crippen molar-refractivity contribution in [1.82, 2.24) is 9.88 Å². The average Bonchev–Trinajstić information content (AvgIpc) is 2.54. The summed E-state index contributed by atoms with van der Waals surface area (Å²) in [4.78, 5) is 29.9. The molecule has 1 aromatic heterocycles. The fraction of sp³-hybridized carbons (Fsp3) is 0.588. The molecule has 2 rings (SSSR count). The monoisotopic (exact) mass is 350 g/mol. The number of amides is 2. The number of carbonyl (C=O) groups is 2. The van der Waals surface area contributed by atoms with Crippen molar-refractivity contribution in [1.29, 1.82) is 0 Å². The molecule has 2 amide bonds. The lowest BCUT2D eigenvalue weighted by molar-refractivity contribution is -0.123. The number of hydrogen-bond donors (Lipinski definition) is 2. The Labute approximate surface area is 147 Å². The molecule has 0 aliphatic carbocycles. The number of methoxy groups -OCH3 is 1. The van der Waals surface area contributed by atoms with Crippen LogP contribution in [-0.2, 0) is 9.53 Å². The van der Waals surface area contributed by atoms with E-state index in [-0.39, 0.29) is 6.09 Å². The second-order valence-electron chi connectivity index (χ2n) is 7.13. The molecule has 1 fully saturated rings. The molecule has 3 N–H and O–H groups in total. The summed E-state index contributed by atoms with van der Waals surface area (Å²) in [6, 6.07) is 3.44. The second-order valence-corrected chi connectivity index (χ2v) is 7.13. The summed E-state index contributed by atoms with van der Waals surface area (Å²) in [6.07, 6.45) is 2.00. The van der Waals surface area contributed by atoms with Gasteiger partial charge in [-0.25, -0.2) is 9.78 Å². The fourth-order valence-corrected chi connectivity index (χ4v) is 2.71. The van der Waals surface area contributed by atoms with E-state index in [0.29, 0.717) is 37.5 Å². The summed E-state index contributed by atoms with van der Waals surface area (Å²) in [5, 5.41) is 3.20. The predicted molar refractivity (Wildman–Crippen MR) is 93.4 cm³/mol. The Hall–Kier alpha value is -2.51. The lowest BCUT2D eigenvalue weighted by Gasteiger charge is -2.40. The summed E-state index contributed by atoms with van der Waals surface area (Å²) < 4.78 is 10.5. The maximum absolute atomic E-state index is 12.2. The molecular weight excluding hydrogens is 324 g/mol. The maximum atomic E-state index is 12.2. The molecule has 1 aromatic rings. The topological polar surface area (TPSA) is 107 Å². The van der Waals surface area contributed by atoms with Crippen molar-refractivity contribution in [3.63, 3.8) is 0 Å². The number of aromatic nitrogens is 1. The Balaban J connectivity index is 2.08. The summed E-state index contributed by atoms with van der Waals surface area (Å²) in [6.45, 7) is 6.23. The van der Waals surface area contributed by atoms with Crippen molar-refractivity contribution in [2.75, 3.05) is 25.5 Å². The first kappa shape index (κ1) is 18.8. The molecule has 0 atom stereocenters. The minimum Gasteiger partial charge on any atom is -0.481 e. The smallest absolute Gasteiger partial charge is 0.410 e. The molecule has 2 heterocycles. The van der Waals surface area contributed by atoms with Crippen molar-refractivity contribution in [3.8, 4) is 5.88 Å². The number of primary amides is 1. The van der Waals surface area contributed by atoms with Gasteiger partial charge in [0, 0.05) is 31.0 Å². The molecule has 0 aromatic carbocycles. The quantitative estimate of drug-likeness (QED) is 0.857. The molecule has 8 heteroatoms. The minimum absolute atomic E-state index is 0.379. The first-order chi connectivity index (χ1) is 11.6. The lowest BCUT2D eigenvalue weighted by Crippen LogP contribution is -2.58. The van der Waals surface area contributed by atoms with Crippen molar-refractivity contribution < 1.29 is 19.1 Å². The van der Waals surface area contributed by atoms with Crippen LogP contribution in [-0.4, -0.2) is 53.2 Å². The number of anilines is 1. The van der Waals surface area contributed by atoms with Gasteiger partial charge in [0.15, 0.2) is 0 Å². The van der Waals surface area contributed by atoms with Crippen molar-refractivity contribution >= 4 is 17.7 Å². The summed E-state index contributed by atoms with van der Waals surface area (Å²) in [7, 11) is 1.52. The second kappa shape index (κ2) is 7.16. The maximum Gasteiger partial charge on any atom is 0.410 e. The molecule has 8 nitrogen and oxygen atoms in total. The van der Waals surface area contributed by atoms with E-state index in [2.05, 4.69) is 10.3 Å². The number of piperidine rings is 1. The van der Waals surface area contributed by atoms with E-state index in [1.54, 1.807) is 23.2 Å². The molecule has 0 saturated carbocycles. The molecule has 0 radical (unpaired) electrons. The van der Waals surface area contributed by atoms with E-state index in [0.717, 1.165) is 0 Å². The van der Waals surface area contributed by atoms with Crippen LogP contribution in [0.25, 0.3) is 0 Å². The number of pyridine rings is 1. The largest absolute Gasteiger partial charge is 0.481 e. The van der Waals surface area contributed by atoms with Gasteiger partial charge < -0.3 is 25.4 Å². The number of nitrogens with one attached hydrogen (secondary N) is 1. The fourth-order valence-electron chi connectivity index (χ4n) is 2.71. The summed E-state index contributed by atoms with van der Waals surface area (Å²) in [5.74, 6) is -0.0112. The lowest BCUT2D eigenvalue weighted by atomic mass is 9.86. The number of carbonyl (C=O) groups excluding carboxylic acids is 2. The third kappa shape index (κ3) is 4.74. The van der Waals surface area contributed by atoms with Gasteiger partial charge in [-0.05, 0) is 39.7 Å². The number of nitrogens with two attached hydrogens (primary N) is 1. The highest BCUT2D eigenvalue weighted by Gasteiger charge is 2.41. The van der Waals surface area contributed by atoms with Gasteiger partial charge in [0.05, 0.1) is 7.11 Å². The highest BCUT2D eigenvalue weighted by atomic mass is 16.6. The van der Waals surface area contributed by atoms with Crippen LogP contribution in [0, 0.1) is 0 Å². The van der Waals surface area contributed by atoms with Crippen LogP contribution in [0.3, 0.4) is 0 Å². The van der Waals surface area contributed by atoms with E-state index in [9.17, 15) is 9.59 Å². The molecule has 138 valence electrons. The van der Waals surface area contributed by atoms with E-state index in [4.69, 9.17) is 15.2 Å². The normalized spacial score (nSPS) is 16.9. The van der Waals surface area contributed by atoms with Gasteiger partial charge in [-0.15, -0.1) is 0 Å². The van der Waals surface area contributed by atoms with Crippen molar-refractivity contribution in [2.24, 2.45) is 5.73 Å². The van der Waals surface area contributed by atoms with E-state index < -0.39 is 17.0 Å². The van der Waals surface area contributed by atoms with Crippen LogP contribution >= 0.6 is 0 Å². The van der Waals surface area contributed by atoms with Crippen LogP contribution in [0.2, 0.25) is 0 Å². The van der Waals surface area contributed by atoms with Crippen LogP contribution < -0.4 is 15.8 Å².